The molecule has 2 aromatic rings. The Labute approximate surface area is 156 Å². The summed E-state index contributed by atoms with van der Waals surface area (Å²) in [5, 5.41) is 0. The SMILES string of the molecule is NC1CCN(C(=O)c2ccc(NS(=O)(=O)c3ccc(F)c(F)c3)cc2)CC1. The van der Waals surface area contributed by atoms with Gasteiger partial charge in [0.15, 0.2) is 11.6 Å². The van der Waals surface area contributed by atoms with Crippen molar-refractivity contribution >= 4 is 21.6 Å². The second-order valence-electron chi connectivity index (χ2n) is 6.39. The van der Waals surface area contributed by atoms with Crippen LogP contribution in [-0.2, 0) is 10.0 Å². The molecule has 1 fully saturated rings. The lowest BCUT2D eigenvalue weighted by atomic mass is 10.0. The molecule has 1 heterocycles. The number of likely N-dealkylation sites (tertiary alicyclic amines) is 1. The minimum atomic E-state index is -4.08. The van der Waals surface area contributed by atoms with Gasteiger partial charge in [0.25, 0.3) is 15.9 Å². The number of nitrogens with zero attached hydrogens (tertiary/aromatic N) is 1. The molecule has 1 saturated heterocycles. The Morgan fingerprint density at radius 2 is 1.67 bits per heavy atom. The normalized spacial score (nSPS) is 15.6. The molecule has 3 rings (SSSR count). The van der Waals surface area contributed by atoms with Gasteiger partial charge in [-0.25, -0.2) is 17.2 Å². The molecule has 0 saturated carbocycles. The Hall–Kier alpha value is -2.52. The van der Waals surface area contributed by atoms with Crippen molar-refractivity contribution in [2.45, 2.75) is 23.8 Å². The molecule has 6 nitrogen and oxygen atoms in total. The van der Waals surface area contributed by atoms with Gasteiger partial charge in [0.1, 0.15) is 0 Å². The molecular weight excluding hydrogens is 376 g/mol. The van der Waals surface area contributed by atoms with Crippen LogP contribution in [0.4, 0.5) is 14.5 Å². The van der Waals surface area contributed by atoms with Crippen LogP contribution in [0.15, 0.2) is 47.4 Å². The summed E-state index contributed by atoms with van der Waals surface area (Å²) in [6, 6.07) is 8.36. The minimum absolute atomic E-state index is 0.113. The van der Waals surface area contributed by atoms with Gasteiger partial charge in [0.2, 0.25) is 0 Å². The molecule has 144 valence electrons. The number of nitrogens with two attached hydrogens (primary N) is 1. The fourth-order valence-corrected chi connectivity index (χ4v) is 3.89. The summed E-state index contributed by atoms with van der Waals surface area (Å²) < 4.78 is 53.1. The maximum absolute atomic E-state index is 13.3. The van der Waals surface area contributed by atoms with Crippen LogP contribution in [0.1, 0.15) is 23.2 Å². The largest absolute Gasteiger partial charge is 0.339 e. The van der Waals surface area contributed by atoms with Crippen molar-refractivity contribution in [3.8, 4) is 0 Å². The highest BCUT2D eigenvalue weighted by atomic mass is 32.2. The molecule has 0 spiro atoms. The summed E-state index contributed by atoms with van der Waals surface area (Å²) in [4.78, 5) is 13.8. The van der Waals surface area contributed by atoms with Crippen molar-refractivity contribution in [1.29, 1.82) is 0 Å². The molecule has 3 N–H and O–H groups in total. The van der Waals surface area contributed by atoms with E-state index in [0.29, 0.717) is 24.7 Å². The Morgan fingerprint density at radius 1 is 1.04 bits per heavy atom. The lowest BCUT2D eigenvalue weighted by Gasteiger charge is -2.30. The van der Waals surface area contributed by atoms with E-state index >= 15 is 0 Å². The summed E-state index contributed by atoms with van der Waals surface area (Å²) in [6.07, 6.45) is 1.50. The van der Waals surface area contributed by atoms with Gasteiger partial charge in [-0.3, -0.25) is 9.52 Å². The Morgan fingerprint density at radius 3 is 2.26 bits per heavy atom. The van der Waals surface area contributed by atoms with Gasteiger partial charge in [-0.1, -0.05) is 0 Å². The van der Waals surface area contributed by atoms with E-state index < -0.39 is 26.6 Å². The van der Waals surface area contributed by atoms with E-state index in [-0.39, 0.29) is 17.6 Å². The van der Waals surface area contributed by atoms with Crippen molar-refractivity contribution in [2.24, 2.45) is 5.73 Å². The van der Waals surface area contributed by atoms with Gasteiger partial charge < -0.3 is 10.6 Å². The van der Waals surface area contributed by atoms with Crippen molar-refractivity contribution in [2.75, 3.05) is 17.8 Å². The molecular formula is C18H19F2N3O3S. The van der Waals surface area contributed by atoms with E-state index in [1.807, 2.05) is 0 Å². The van der Waals surface area contributed by atoms with Crippen molar-refractivity contribution in [3.63, 3.8) is 0 Å². The molecule has 0 unspecified atom stereocenters. The topological polar surface area (TPSA) is 92.5 Å². The summed E-state index contributed by atoms with van der Waals surface area (Å²) in [5.41, 5.74) is 6.47. The fraction of sp³-hybridized carbons (Fsp3) is 0.278. The predicted octanol–water partition coefficient (Wildman–Crippen LogP) is 2.33. The molecule has 1 amide bonds. The highest BCUT2D eigenvalue weighted by Crippen LogP contribution is 2.20. The highest BCUT2D eigenvalue weighted by Gasteiger charge is 2.22. The first kappa shape index (κ1) is 19.2. The molecule has 1 aliphatic rings. The van der Waals surface area contributed by atoms with Crippen LogP contribution in [0.2, 0.25) is 0 Å². The third-order valence-corrected chi connectivity index (χ3v) is 5.79. The van der Waals surface area contributed by atoms with E-state index in [4.69, 9.17) is 5.73 Å². The zero-order chi connectivity index (χ0) is 19.6. The first-order chi connectivity index (χ1) is 12.8. The number of sulfonamides is 1. The number of piperidine rings is 1. The van der Waals surface area contributed by atoms with Gasteiger partial charge in [-0.15, -0.1) is 0 Å². The molecule has 0 radical (unpaired) electrons. The molecule has 9 heteroatoms. The summed E-state index contributed by atoms with van der Waals surface area (Å²) in [6.45, 7) is 1.18. The lowest BCUT2D eigenvalue weighted by Crippen LogP contribution is -2.42. The molecule has 2 aromatic carbocycles. The molecule has 1 aliphatic heterocycles. The predicted molar refractivity (Wildman–Crippen MR) is 96.7 cm³/mol. The van der Waals surface area contributed by atoms with Crippen LogP contribution < -0.4 is 10.5 Å². The van der Waals surface area contributed by atoms with Crippen LogP contribution in [0, 0.1) is 11.6 Å². The van der Waals surface area contributed by atoms with Crippen LogP contribution in [0.5, 0.6) is 0 Å². The highest BCUT2D eigenvalue weighted by molar-refractivity contribution is 7.92. The summed E-state index contributed by atoms with van der Waals surface area (Å²) in [5.74, 6) is -2.52. The number of amides is 1. The third kappa shape index (κ3) is 4.42. The Balaban J connectivity index is 1.71. The number of anilines is 1. The van der Waals surface area contributed by atoms with Crippen molar-refractivity contribution in [3.05, 3.63) is 59.7 Å². The quantitative estimate of drug-likeness (QED) is 0.831. The van der Waals surface area contributed by atoms with E-state index in [9.17, 15) is 22.0 Å². The molecule has 0 bridgehead atoms. The monoisotopic (exact) mass is 395 g/mol. The summed E-state index contributed by atoms with van der Waals surface area (Å²) >= 11 is 0. The van der Waals surface area contributed by atoms with E-state index in [1.54, 1.807) is 4.90 Å². The molecule has 0 aromatic heterocycles. The second-order valence-corrected chi connectivity index (χ2v) is 8.07. The van der Waals surface area contributed by atoms with Crippen molar-refractivity contribution < 1.29 is 22.0 Å². The van der Waals surface area contributed by atoms with Gasteiger partial charge in [0, 0.05) is 30.4 Å². The Kier molecular flexibility index (Phi) is 5.43. The Bertz CT molecular complexity index is 941. The molecule has 27 heavy (non-hydrogen) atoms. The van der Waals surface area contributed by atoms with Crippen LogP contribution in [-0.4, -0.2) is 38.4 Å². The zero-order valence-corrected chi connectivity index (χ0v) is 15.2. The average Bonchev–Trinajstić information content (AvgIpc) is 2.64. The van der Waals surface area contributed by atoms with Gasteiger partial charge >= 0.3 is 0 Å². The number of nitrogens with one attached hydrogen (secondary N) is 1. The van der Waals surface area contributed by atoms with E-state index in [2.05, 4.69) is 4.72 Å². The van der Waals surface area contributed by atoms with Gasteiger partial charge in [-0.2, -0.15) is 0 Å². The maximum Gasteiger partial charge on any atom is 0.261 e. The maximum atomic E-state index is 13.3. The first-order valence-electron chi connectivity index (χ1n) is 8.39. The number of benzene rings is 2. The van der Waals surface area contributed by atoms with Gasteiger partial charge in [-0.05, 0) is 55.3 Å². The smallest absolute Gasteiger partial charge is 0.261 e. The number of hydrogen-bond acceptors (Lipinski definition) is 4. The number of hydrogen-bond donors (Lipinski definition) is 2. The van der Waals surface area contributed by atoms with Crippen LogP contribution in [0.25, 0.3) is 0 Å². The lowest BCUT2D eigenvalue weighted by molar-refractivity contribution is 0.0715. The van der Waals surface area contributed by atoms with Gasteiger partial charge in [0.05, 0.1) is 4.90 Å². The number of halogens is 2. The van der Waals surface area contributed by atoms with E-state index in [0.717, 1.165) is 25.0 Å². The van der Waals surface area contributed by atoms with Crippen LogP contribution >= 0.6 is 0 Å². The number of carbonyl (C=O) groups is 1. The zero-order valence-electron chi connectivity index (χ0n) is 14.4. The second kappa shape index (κ2) is 7.61. The fourth-order valence-electron chi connectivity index (χ4n) is 2.82. The molecule has 0 aliphatic carbocycles. The number of carbonyl (C=O) groups excluding carboxylic acids is 1. The van der Waals surface area contributed by atoms with Crippen LogP contribution in [0.3, 0.4) is 0 Å². The molecule has 0 atom stereocenters. The minimum Gasteiger partial charge on any atom is -0.339 e. The first-order valence-corrected chi connectivity index (χ1v) is 9.87. The standard InChI is InChI=1S/C18H19F2N3O3S/c19-16-6-5-15(11-17(16)20)27(25,26)22-14-3-1-12(2-4-14)18(24)23-9-7-13(21)8-10-23/h1-6,11,13,22H,7-10,21H2. The van der Waals surface area contributed by atoms with Crippen molar-refractivity contribution in [1.82, 2.24) is 4.90 Å². The average molecular weight is 395 g/mol. The third-order valence-electron chi connectivity index (χ3n) is 4.41. The summed E-state index contributed by atoms with van der Waals surface area (Å²) in [7, 11) is -4.08. The van der Waals surface area contributed by atoms with E-state index in [1.165, 1.54) is 24.3 Å². The number of rotatable bonds is 4.